The van der Waals surface area contributed by atoms with E-state index in [1.807, 2.05) is 0 Å². The van der Waals surface area contributed by atoms with Gasteiger partial charge >= 0.3 is 11.9 Å². The quantitative estimate of drug-likeness (QED) is 0.0485. The van der Waals surface area contributed by atoms with Gasteiger partial charge in [0.25, 0.3) is 5.91 Å². The zero-order valence-electron chi connectivity index (χ0n) is 29.2. The van der Waals surface area contributed by atoms with Crippen molar-refractivity contribution in [3.63, 3.8) is 0 Å². The van der Waals surface area contributed by atoms with Crippen molar-refractivity contribution in [2.75, 3.05) is 0 Å². The summed E-state index contributed by atoms with van der Waals surface area (Å²) < 4.78 is 15.2. The number of aryl methyl sites for hydroxylation is 1. The van der Waals surface area contributed by atoms with Crippen molar-refractivity contribution in [3.05, 3.63) is 147 Å². The maximum atomic E-state index is 12.7. The molecular weight excluding hydrogens is 716 g/mol. The third-order valence-electron chi connectivity index (χ3n) is 7.26. The third kappa shape index (κ3) is 11.5. The van der Waals surface area contributed by atoms with E-state index >= 15 is 0 Å². The largest absolute Gasteiger partial charge is 0.508 e. The second kappa shape index (κ2) is 19.4. The number of hydrazone groups is 1. The number of aliphatic hydroxyl groups is 2. The molecule has 0 aliphatic heterocycles. The maximum absolute atomic E-state index is 12.7. The van der Waals surface area contributed by atoms with Crippen LogP contribution in [-0.2, 0) is 22.8 Å². The summed E-state index contributed by atoms with van der Waals surface area (Å²) in [6.45, 7) is 2.28. The van der Waals surface area contributed by atoms with E-state index < -0.39 is 36.5 Å². The van der Waals surface area contributed by atoms with Crippen molar-refractivity contribution < 1.29 is 53.8 Å². The Bertz CT molecular complexity index is 2320. The number of aliphatic hydroxyl groups excluding tert-OH is 2. The SMILES string of the molecule is C/C(=C\c1ccc(O)cc1O)C(=O)Oc1c(C)ncc(CO)c1/C=N/NC(=O)c1ccncc1.O=C(/C=C/c1ccccc1O)Oc1coc(CO)cc1=O. The third-order valence-corrected chi connectivity index (χ3v) is 7.26. The molecule has 16 nitrogen and oxygen atoms in total. The fraction of sp³-hybridized carbons (Fsp3) is 0.103. The van der Waals surface area contributed by atoms with Gasteiger partial charge in [0, 0.05) is 70.2 Å². The van der Waals surface area contributed by atoms with Gasteiger partial charge < -0.3 is 39.4 Å². The highest BCUT2D eigenvalue weighted by atomic mass is 16.5. The van der Waals surface area contributed by atoms with Gasteiger partial charge in [0.2, 0.25) is 11.2 Å². The van der Waals surface area contributed by atoms with Gasteiger partial charge in [0.05, 0.1) is 18.5 Å². The van der Waals surface area contributed by atoms with Crippen LogP contribution in [0.25, 0.3) is 12.2 Å². The summed E-state index contributed by atoms with van der Waals surface area (Å²) in [5.74, 6) is -2.44. The highest BCUT2D eigenvalue weighted by Crippen LogP contribution is 2.27. The van der Waals surface area contributed by atoms with Crippen LogP contribution in [0.15, 0.2) is 111 Å². The number of hydrogen-bond acceptors (Lipinski definition) is 15. The van der Waals surface area contributed by atoms with Crippen LogP contribution in [0.2, 0.25) is 0 Å². The normalized spacial score (nSPS) is 11.2. The molecule has 0 aliphatic carbocycles. The molecule has 0 radical (unpaired) electrons. The molecule has 0 unspecified atom stereocenters. The summed E-state index contributed by atoms with van der Waals surface area (Å²) in [5.41, 5.74) is 4.00. The van der Waals surface area contributed by atoms with Crippen LogP contribution in [0.3, 0.4) is 0 Å². The maximum Gasteiger partial charge on any atom is 0.339 e. The van der Waals surface area contributed by atoms with Gasteiger partial charge in [-0.2, -0.15) is 5.10 Å². The van der Waals surface area contributed by atoms with Crippen LogP contribution in [0.5, 0.6) is 28.7 Å². The van der Waals surface area contributed by atoms with Crippen LogP contribution >= 0.6 is 0 Å². The number of esters is 2. The second-order valence-corrected chi connectivity index (χ2v) is 11.2. The Hall–Kier alpha value is -7.43. The van der Waals surface area contributed by atoms with Crippen LogP contribution in [-0.4, -0.2) is 59.6 Å². The smallest absolute Gasteiger partial charge is 0.339 e. The first-order valence-electron chi connectivity index (χ1n) is 16.1. The highest BCUT2D eigenvalue weighted by molar-refractivity contribution is 5.97. The van der Waals surface area contributed by atoms with E-state index in [0.717, 1.165) is 24.5 Å². The van der Waals surface area contributed by atoms with Gasteiger partial charge in [0.15, 0.2) is 5.75 Å². The number of benzene rings is 2. The Balaban J connectivity index is 0.000000274. The molecular formula is C39H34N4O12. The number of aromatic nitrogens is 2. The number of hydrogen-bond donors (Lipinski definition) is 6. The van der Waals surface area contributed by atoms with E-state index in [1.165, 1.54) is 74.2 Å². The minimum Gasteiger partial charge on any atom is -0.508 e. The molecule has 0 aliphatic rings. The summed E-state index contributed by atoms with van der Waals surface area (Å²) in [6.07, 6.45) is 10.4. The Morgan fingerprint density at radius 1 is 0.927 bits per heavy atom. The molecule has 3 aromatic heterocycles. The van der Waals surface area contributed by atoms with Crippen LogP contribution < -0.4 is 20.3 Å². The van der Waals surface area contributed by atoms with E-state index in [2.05, 4.69) is 20.5 Å². The Labute approximate surface area is 312 Å². The molecule has 0 fully saturated rings. The van der Waals surface area contributed by atoms with E-state index in [-0.39, 0.29) is 45.6 Å². The minimum atomic E-state index is -0.790. The molecule has 2 aromatic carbocycles. The Kier molecular flexibility index (Phi) is 14.2. The van der Waals surface area contributed by atoms with Crippen LogP contribution in [0, 0.1) is 6.92 Å². The molecule has 55 heavy (non-hydrogen) atoms. The van der Waals surface area contributed by atoms with Gasteiger partial charge in [0.1, 0.15) is 35.9 Å². The van der Waals surface area contributed by atoms with Crippen molar-refractivity contribution in [1.29, 1.82) is 0 Å². The van der Waals surface area contributed by atoms with E-state index in [9.17, 15) is 39.6 Å². The topological polar surface area (TPSA) is 251 Å². The lowest BCUT2D eigenvalue weighted by molar-refractivity contribution is -0.130. The van der Waals surface area contributed by atoms with Crippen LogP contribution in [0.1, 0.15) is 51.0 Å². The first kappa shape index (κ1) is 40.3. The average molecular weight is 751 g/mol. The predicted molar refractivity (Wildman–Crippen MR) is 197 cm³/mol. The van der Waals surface area contributed by atoms with Crippen molar-refractivity contribution in [2.24, 2.45) is 5.10 Å². The molecule has 5 rings (SSSR count). The molecule has 16 heteroatoms. The summed E-state index contributed by atoms with van der Waals surface area (Å²) in [5, 5.41) is 51.3. The zero-order valence-corrected chi connectivity index (χ0v) is 29.2. The van der Waals surface area contributed by atoms with Gasteiger partial charge in [-0.25, -0.2) is 15.0 Å². The minimum absolute atomic E-state index is 0.0216. The number of nitrogens with one attached hydrogen (secondary N) is 1. The van der Waals surface area contributed by atoms with Crippen molar-refractivity contribution in [2.45, 2.75) is 27.1 Å². The number of phenolic OH excluding ortho intramolecular Hbond substituents is 3. The lowest BCUT2D eigenvalue weighted by Gasteiger charge is -2.13. The molecule has 1 amide bonds. The molecule has 0 saturated heterocycles. The van der Waals surface area contributed by atoms with Crippen LogP contribution in [0.4, 0.5) is 0 Å². The summed E-state index contributed by atoms with van der Waals surface area (Å²) >= 11 is 0. The fourth-order valence-corrected chi connectivity index (χ4v) is 4.41. The van der Waals surface area contributed by atoms with Gasteiger partial charge in [-0.1, -0.05) is 18.2 Å². The monoisotopic (exact) mass is 750 g/mol. The zero-order chi connectivity index (χ0) is 39.9. The summed E-state index contributed by atoms with van der Waals surface area (Å²) in [4.78, 5) is 56.0. The molecule has 3 heterocycles. The molecule has 6 N–H and O–H groups in total. The van der Waals surface area contributed by atoms with E-state index in [4.69, 9.17) is 19.0 Å². The number of phenols is 3. The highest BCUT2D eigenvalue weighted by Gasteiger charge is 2.18. The van der Waals surface area contributed by atoms with E-state index in [0.29, 0.717) is 27.9 Å². The Morgan fingerprint density at radius 3 is 2.35 bits per heavy atom. The molecule has 0 saturated carbocycles. The molecule has 282 valence electrons. The van der Waals surface area contributed by atoms with Gasteiger partial charge in [-0.15, -0.1) is 0 Å². The number of carbonyl (C=O) groups is 3. The second-order valence-electron chi connectivity index (χ2n) is 11.2. The number of carbonyl (C=O) groups excluding carboxylic acids is 3. The standard InChI is InChI=1S/C24H22N4O6.C15H12O6/c1-14(9-17-3-4-19(30)10-21(17)31)24(33)34-22-15(2)26-11-18(13-29)20(22)12-27-28-23(32)16-5-7-25-8-6-16;16-8-11-7-13(18)14(9-20-11)21-15(19)6-5-10-3-1-2-4-12(10)17/h3-12,29-31H,13H2,1-2H3,(H,28,32);1-7,9,16-17H,8H2/b14-9+,27-12+;6-5+. The summed E-state index contributed by atoms with van der Waals surface area (Å²) in [6, 6.07) is 14.5. The number of nitrogens with zero attached hydrogens (tertiary/aromatic N) is 3. The predicted octanol–water partition coefficient (Wildman–Crippen LogP) is 3.92. The lowest BCUT2D eigenvalue weighted by Crippen LogP contribution is -2.18. The molecule has 5 aromatic rings. The van der Waals surface area contributed by atoms with Crippen molar-refractivity contribution in [1.82, 2.24) is 15.4 Å². The number of aromatic hydroxyl groups is 3. The number of pyridine rings is 2. The van der Waals surface area contributed by atoms with Gasteiger partial charge in [-0.3, -0.25) is 19.6 Å². The molecule has 0 spiro atoms. The van der Waals surface area contributed by atoms with Crippen molar-refractivity contribution in [3.8, 4) is 28.7 Å². The first-order valence-corrected chi connectivity index (χ1v) is 16.1. The number of amides is 1. The number of ether oxygens (including phenoxy) is 2. The fourth-order valence-electron chi connectivity index (χ4n) is 4.41. The molecule has 0 bridgehead atoms. The number of rotatable bonds is 11. The number of para-hydroxylation sites is 1. The van der Waals surface area contributed by atoms with Crippen molar-refractivity contribution >= 4 is 36.2 Å². The van der Waals surface area contributed by atoms with Gasteiger partial charge in [-0.05, 0) is 56.3 Å². The first-order chi connectivity index (χ1) is 26.4. The lowest BCUT2D eigenvalue weighted by atomic mass is 10.1. The Morgan fingerprint density at radius 2 is 1.67 bits per heavy atom. The van der Waals surface area contributed by atoms with E-state index in [1.54, 1.807) is 25.1 Å². The average Bonchev–Trinajstić information content (AvgIpc) is 3.18. The summed E-state index contributed by atoms with van der Waals surface area (Å²) in [7, 11) is 0. The molecule has 0 atom stereocenters.